The molecule has 0 aromatic rings. The van der Waals surface area contributed by atoms with E-state index in [1.165, 1.54) is 6.08 Å². The van der Waals surface area contributed by atoms with E-state index in [0.29, 0.717) is 0 Å². The molecule has 2 nitrogen and oxygen atoms in total. The number of hydrogen-bond acceptors (Lipinski definition) is 1. The SMILES string of the molecule is C=CC(=O)N[CH]CCC. The summed E-state index contributed by atoms with van der Waals surface area (Å²) in [4.78, 5) is 10.4. The summed E-state index contributed by atoms with van der Waals surface area (Å²) in [7, 11) is 0. The Morgan fingerprint density at radius 1 is 1.78 bits per heavy atom. The Balaban J connectivity index is 3.07. The van der Waals surface area contributed by atoms with Gasteiger partial charge in [0.25, 0.3) is 0 Å². The van der Waals surface area contributed by atoms with Crippen molar-refractivity contribution in [1.29, 1.82) is 0 Å². The molecular formula is C7H12NO. The van der Waals surface area contributed by atoms with Gasteiger partial charge >= 0.3 is 0 Å². The molecule has 0 fully saturated rings. The Hall–Kier alpha value is -0.790. The zero-order valence-corrected chi connectivity index (χ0v) is 5.68. The molecule has 0 aliphatic heterocycles. The van der Waals surface area contributed by atoms with Gasteiger partial charge in [0.05, 0.1) is 0 Å². The summed E-state index contributed by atoms with van der Waals surface area (Å²) in [5, 5.41) is 2.55. The highest BCUT2D eigenvalue weighted by molar-refractivity contribution is 5.87. The summed E-state index contributed by atoms with van der Waals surface area (Å²) < 4.78 is 0. The fourth-order valence-corrected chi connectivity index (χ4v) is 0.376. The van der Waals surface area contributed by atoms with Gasteiger partial charge in [-0.25, -0.2) is 0 Å². The number of hydrogen-bond donors (Lipinski definition) is 1. The molecule has 1 N–H and O–H groups in total. The quantitative estimate of drug-likeness (QED) is 0.446. The van der Waals surface area contributed by atoms with Crippen molar-refractivity contribution in [3.8, 4) is 0 Å². The lowest BCUT2D eigenvalue weighted by atomic mass is 10.3. The van der Waals surface area contributed by atoms with E-state index in [4.69, 9.17) is 0 Å². The third-order valence-corrected chi connectivity index (χ3v) is 0.863. The summed E-state index contributed by atoms with van der Waals surface area (Å²) in [6.07, 6.45) is 3.23. The summed E-state index contributed by atoms with van der Waals surface area (Å²) in [5.41, 5.74) is 0. The van der Waals surface area contributed by atoms with Gasteiger partial charge in [0.2, 0.25) is 5.91 Å². The van der Waals surface area contributed by atoms with E-state index in [1.54, 1.807) is 6.54 Å². The van der Waals surface area contributed by atoms with Crippen molar-refractivity contribution in [2.45, 2.75) is 19.8 Å². The first kappa shape index (κ1) is 8.21. The minimum Gasteiger partial charge on any atom is -0.348 e. The third kappa shape index (κ3) is 5.07. The first-order valence-electron chi connectivity index (χ1n) is 3.06. The fraction of sp³-hybridized carbons (Fsp3) is 0.429. The van der Waals surface area contributed by atoms with E-state index in [2.05, 4.69) is 18.8 Å². The van der Waals surface area contributed by atoms with Crippen molar-refractivity contribution in [2.75, 3.05) is 0 Å². The van der Waals surface area contributed by atoms with Crippen molar-refractivity contribution in [3.63, 3.8) is 0 Å². The second-order valence-corrected chi connectivity index (χ2v) is 1.71. The van der Waals surface area contributed by atoms with Gasteiger partial charge in [-0.1, -0.05) is 19.9 Å². The number of carbonyl (C=O) groups is 1. The van der Waals surface area contributed by atoms with Crippen molar-refractivity contribution in [2.24, 2.45) is 0 Å². The minimum atomic E-state index is -0.136. The molecule has 1 radical (unpaired) electrons. The van der Waals surface area contributed by atoms with Gasteiger partial charge in [-0.3, -0.25) is 4.79 Å². The molecule has 0 unspecified atom stereocenters. The summed E-state index contributed by atoms with van der Waals surface area (Å²) in [6, 6.07) is 0. The Bertz CT molecular complexity index is 99.1. The fourth-order valence-electron chi connectivity index (χ4n) is 0.376. The third-order valence-electron chi connectivity index (χ3n) is 0.863. The first-order chi connectivity index (χ1) is 4.31. The van der Waals surface area contributed by atoms with Gasteiger partial charge < -0.3 is 5.32 Å². The smallest absolute Gasteiger partial charge is 0.243 e. The van der Waals surface area contributed by atoms with Crippen LogP contribution in [-0.4, -0.2) is 5.91 Å². The molecule has 0 heterocycles. The maximum atomic E-state index is 10.4. The van der Waals surface area contributed by atoms with Crippen LogP contribution in [0.5, 0.6) is 0 Å². The summed E-state index contributed by atoms with van der Waals surface area (Å²) in [6.45, 7) is 7.10. The van der Waals surface area contributed by atoms with Crippen LogP contribution in [0.2, 0.25) is 0 Å². The van der Waals surface area contributed by atoms with E-state index in [1.807, 2.05) is 0 Å². The molecular weight excluding hydrogens is 114 g/mol. The van der Waals surface area contributed by atoms with Crippen LogP contribution in [0.15, 0.2) is 12.7 Å². The molecule has 2 heteroatoms. The lowest BCUT2D eigenvalue weighted by molar-refractivity contribution is -0.115. The molecule has 1 amide bonds. The van der Waals surface area contributed by atoms with Crippen LogP contribution in [-0.2, 0) is 4.79 Å². The minimum absolute atomic E-state index is 0.136. The van der Waals surface area contributed by atoms with E-state index in [9.17, 15) is 4.79 Å². The van der Waals surface area contributed by atoms with Gasteiger partial charge in [-0.15, -0.1) is 0 Å². The first-order valence-corrected chi connectivity index (χ1v) is 3.06. The standard InChI is InChI=1S/C7H12NO/c1-3-5-6-8-7(9)4-2/h4,6H,2-3,5H2,1H3,(H,8,9). The molecule has 0 spiro atoms. The number of carbonyl (C=O) groups excluding carboxylic acids is 1. The Kier molecular flexibility index (Phi) is 4.88. The Morgan fingerprint density at radius 2 is 2.44 bits per heavy atom. The molecule has 0 aromatic heterocycles. The summed E-state index contributed by atoms with van der Waals surface area (Å²) in [5.74, 6) is -0.136. The van der Waals surface area contributed by atoms with Gasteiger partial charge in [-0.05, 0) is 12.5 Å². The molecule has 0 rings (SSSR count). The van der Waals surface area contributed by atoms with Gasteiger partial charge in [0, 0.05) is 6.54 Å². The highest BCUT2D eigenvalue weighted by Gasteiger charge is 1.89. The topological polar surface area (TPSA) is 29.1 Å². The van der Waals surface area contributed by atoms with Crippen LogP contribution in [0, 0.1) is 6.54 Å². The van der Waals surface area contributed by atoms with Crippen LogP contribution < -0.4 is 5.32 Å². The molecule has 9 heavy (non-hydrogen) atoms. The van der Waals surface area contributed by atoms with Crippen LogP contribution >= 0.6 is 0 Å². The van der Waals surface area contributed by atoms with Crippen LogP contribution in [0.3, 0.4) is 0 Å². The van der Waals surface area contributed by atoms with Crippen LogP contribution in [0.1, 0.15) is 19.8 Å². The molecule has 0 atom stereocenters. The lowest BCUT2D eigenvalue weighted by Gasteiger charge is -1.96. The highest BCUT2D eigenvalue weighted by atomic mass is 16.1. The maximum absolute atomic E-state index is 10.4. The molecule has 0 aliphatic rings. The monoisotopic (exact) mass is 126 g/mol. The number of unbranched alkanes of at least 4 members (excludes halogenated alkanes) is 1. The van der Waals surface area contributed by atoms with Gasteiger partial charge in [0.15, 0.2) is 0 Å². The zero-order valence-electron chi connectivity index (χ0n) is 5.68. The Morgan fingerprint density at radius 3 is 2.89 bits per heavy atom. The van der Waals surface area contributed by atoms with Crippen molar-refractivity contribution in [1.82, 2.24) is 5.32 Å². The second kappa shape index (κ2) is 5.35. The molecule has 51 valence electrons. The van der Waals surface area contributed by atoms with E-state index in [0.717, 1.165) is 12.8 Å². The molecule has 0 aliphatic carbocycles. The molecule has 0 bridgehead atoms. The van der Waals surface area contributed by atoms with Crippen molar-refractivity contribution < 1.29 is 4.79 Å². The highest BCUT2D eigenvalue weighted by Crippen LogP contribution is 1.86. The van der Waals surface area contributed by atoms with Crippen molar-refractivity contribution >= 4 is 5.91 Å². The second-order valence-electron chi connectivity index (χ2n) is 1.71. The van der Waals surface area contributed by atoms with E-state index >= 15 is 0 Å². The predicted molar refractivity (Wildman–Crippen MR) is 37.5 cm³/mol. The van der Waals surface area contributed by atoms with Gasteiger partial charge in [0.1, 0.15) is 0 Å². The number of nitrogens with one attached hydrogen (secondary N) is 1. The molecule has 0 aromatic carbocycles. The van der Waals surface area contributed by atoms with Crippen molar-refractivity contribution in [3.05, 3.63) is 19.2 Å². The van der Waals surface area contributed by atoms with Gasteiger partial charge in [-0.2, -0.15) is 0 Å². The number of amides is 1. The largest absolute Gasteiger partial charge is 0.348 e. The predicted octanol–water partition coefficient (Wildman–Crippen LogP) is 1.25. The van der Waals surface area contributed by atoms with E-state index < -0.39 is 0 Å². The summed E-state index contributed by atoms with van der Waals surface area (Å²) >= 11 is 0. The lowest BCUT2D eigenvalue weighted by Crippen LogP contribution is -2.16. The average Bonchev–Trinajstić information content (AvgIpc) is 1.89. The maximum Gasteiger partial charge on any atom is 0.243 e. The molecule has 0 saturated carbocycles. The van der Waals surface area contributed by atoms with Crippen LogP contribution in [0.4, 0.5) is 0 Å². The number of rotatable bonds is 4. The van der Waals surface area contributed by atoms with Crippen LogP contribution in [0.25, 0.3) is 0 Å². The molecule has 0 saturated heterocycles. The normalized spacial score (nSPS) is 8.56. The zero-order chi connectivity index (χ0) is 7.11. The average molecular weight is 126 g/mol. The Labute approximate surface area is 56.0 Å². The van der Waals surface area contributed by atoms with E-state index in [-0.39, 0.29) is 5.91 Å².